The second-order valence-electron chi connectivity index (χ2n) is 13.3. The number of ether oxygens (including phenoxy) is 3. The molecule has 6 fully saturated rings. The van der Waals surface area contributed by atoms with E-state index in [0.29, 0.717) is 0 Å². The second-order valence-corrected chi connectivity index (χ2v) is 13.3. The highest BCUT2D eigenvalue weighted by Gasteiger charge is 2.90. The van der Waals surface area contributed by atoms with Gasteiger partial charge in [0, 0.05) is 41.9 Å². The molecule has 9 nitrogen and oxygen atoms in total. The molecule has 1 spiro atoms. The number of carbonyl (C=O) groups is 2. The van der Waals surface area contributed by atoms with E-state index in [4.69, 9.17) is 18.6 Å². The number of rotatable bonds is 2. The lowest BCUT2D eigenvalue weighted by Crippen LogP contribution is -2.80. The van der Waals surface area contributed by atoms with Crippen LogP contribution in [0.4, 0.5) is 0 Å². The van der Waals surface area contributed by atoms with Gasteiger partial charge in [-0.15, -0.1) is 0 Å². The Hall–Kier alpha value is -1.78. The molecule has 4 aliphatic carbocycles. The summed E-state index contributed by atoms with van der Waals surface area (Å²) < 4.78 is 23.5. The zero-order chi connectivity index (χ0) is 26.3. The topological polar surface area (TPSA) is 139 Å². The predicted octanol–water partition coefficient (Wildman–Crippen LogP) is 1.92. The lowest BCUT2D eigenvalue weighted by molar-refractivity contribution is -0.371. The highest BCUT2D eigenvalue weighted by atomic mass is 16.6. The number of fused-ring (bicyclic) bond motifs is 1. The Morgan fingerprint density at radius 3 is 2.54 bits per heavy atom. The summed E-state index contributed by atoms with van der Waals surface area (Å²) in [5.74, 6) is -1.73. The summed E-state index contributed by atoms with van der Waals surface area (Å²) in [6, 6.07) is 1.95. The first-order valence-electron chi connectivity index (χ1n) is 13.4. The number of aliphatic hydroxyl groups is 3. The van der Waals surface area contributed by atoms with E-state index in [0.717, 1.165) is 12.0 Å². The molecule has 2 saturated heterocycles. The number of ketones is 1. The standard InChI is InChI=1S/C28H36O9/c1-13(29)36-20-9-19(32)27-12-35-23(33)25(20,3)17(27)8-18(31)26(4)22(27)16(30)10-24(2)15(14-5-6-34-11-14)7-21-28(24,26)37-21/h5-6,11,15,17-23,31-33H,7-10,12H2,1-4H3/t15-,17-,18+,19-,20+,21+,22-,23?,24-,25+,26+,27+,28+/m0/s1. The average Bonchev–Trinajstić information content (AvgIpc) is 3.19. The summed E-state index contributed by atoms with van der Waals surface area (Å²) in [6.45, 7) is 7.15. The minimum absolute atomic E-state index is 0.0102. The van der Waals surface area contributed by atoms with Gasteiger partial charge in [0.25, 0.3) is 0 Å². The maximum Gasteiger partial charge on any atom is 0.302 e. The first kappa shape index (κ1) is 24.3. The van der Waals surface area contributed by atoms with Crippen LogP contribution in [0.2, 0.25) is 0 Å². The monoisotopic (exact) mass is 516 g/mol. The number of Topliss-reactive ketones (excluding diaryl/α,β-unsaturated/α-hetero) is 1. The van der Waals surface area contributed by atoms with E-state index < -0.39 is 69.7 Å². The number of hydrogen-bond donors (Lipinski definition) is 3. The van der Waals surface area contributed by atoms with E-state index in [2.05, 4.69) is 6.92 Å². The van der Waals surface area contributed by atoms with Crippen molar-refractivity contribution in [1.82, 2.24) is 0 Å². The molecular weight excluding hydrogens is 480 g/mol. The highest BCUT2D eigenvalue weighted by molar-refractivity contribution is 5.87. The van der Waals surface area contributed by atoms with E-state index in [-0.39, 0.29) is 43.7 Å². The number of carbonyl (C=O) groups excluding carboxylic acids is 2. The second kappa shape index (κ2) is 7.04. The Balaban J connectivity index is 1.38. The largest absolute Gasteiger partial charge is 0.472 e. The smallest absolute Gasteiger partial charge is 0.302 e. The average molecular weight is 517 g/mol. The van der Waals surface area contributed by atoms with Crippen molar-refractivity contribution in [2.45, 2.75) is 95.6 Å². The van der Waals surface area contributed by atoms with Gasteiger partial charge >= 0.3 is 5.97 Å². The van der Waals surface area contributed by atoms with Gasteiger partial charge in [0.15, 0.2) is 6.29 Å². The van der Waals surface area contributed by atoms with Crippen LogP contribution in [0.1, 0.15) is 64.9 Å². The lowest BCUT2D eigenvalue weighted by Gasteiger charge is -2.72. The van der Waals surface area contributed by atoms with Crippen LogP contribution < -0.4 is 0 Å². The van der Waals surface area contributed by atoms with Gasteiger partial charge in [0.05, 0.1) is 42.9 Å². The Morgan fingerprint density at radius 2 is 1.86 bits per heavy atom. The molecule has 0 radical (unpaired) electrons. The van der Waals surface area contributed by atoms with Crippen LogP contribution in [0.15, 0.2) is 23.0 Å². The number of aliphatic hydroxyl groups excluding tert-OH is 3. The molecule has 202 valence electrons. The number of esters is 1. The van der Waals surface area contributed by atoms with Crippen molar-refractivity contribution in [3.05, 3.63) is 24.2 Å². The maximum absolute atomic E-state index is 14.4. The van der Waals surface area contributed by atoms with E-state index >= 15 is 0 Å². The van der Waals surface area contributed by atoms with Crippen molar-refractivity contribution < 1.29 is 43.5 Å². The van der Waals surface area contributed by atoms with Crippen LogP contribution in [-0.2, 0) is 23.8 Å². The first-order chi connectivity index (χ1) is 17.4. The van der Waals surface area contributed by atoms with E-state index in [1.807, 2.05) is 13.0 Å². The van der Waals surface area contributed by atoms with Gasteiger partial charge in [-0.1, -0.05) is 20.8 Å². The van der Waals surface area contributed by atoms with Crippen LogP contribution in [0, 0.1) is 33.5 Å². The van der Waals surface area contributed by atoms with Crippen molar-refractivity contribution in [2.24, 2.45) is 33.5 Å². The summed E-state index contributed by atoms with van der Waals surface area (Å²) in [5, 5.41) is 34.9. The number of hydrogen-bond acceptors (Lipinski definition) is 9. The fourth-order valence-corrected chi connectivity index (χ4v) is 10.7. The summed E-state index contributed by atoms with van der Waals surface area (Å²) in [5.41, 5.74) is -3.37. The maximum atomic E-state index is 14.4. The van der Waals surface area contributed by atoms with Gasteiger partial charge in [-0.2, -0.15) is 0 Å². The van der Waals surface area contributed by atoms with Crippen molar-refractivity contribution in [3.63, 3.8) is 0 Å². The number of furan rings is 1. The Labute approximate surface area is 215 Å². The van der Waals surface area contributed by atoms with Gasteiger partial charge in [0.2, 0.25) is 0 Å². The Bertz CT molecular complexity index is 1170. The molecule has 9 heteroatoms. The first-order valence-corrected chi connectivity index (χ1v) is 13.4. The molecule has 0 aromatic carbocycles. The van der Waals surface area contributed by atoms with Gasteiger partial charge in [-0.25, -0.2) is 0 Å². The molecule has 1 aromatic rings. The summed E-state index contributed by atoms with van der Waals surface area (Å²) >= 11 is 0. The lowest BCUT2D eigenvalue weighted by atomic mass is 9.33. The SMILES string of the molecule is CC(=O)O[C@@H]1C[C@H](O)[C@@]23COC(O)[C@]1(C)[C@@H]2C[C@@H](O)[C@]1(C)[C@@H]3C(=O)C[C@@]2(C)[C@H](c3ccoc3)C[C@H]3O[C@@]312. The fourth-order valence-electron chi connectivity index (χ4n) is 10.7. The minimum Gasteiger partial charge on any atom is -0.472 e. The summed E-state index contributed by atoms with van der Waals surface area (Å²) in [7, 11) is 0. The molecule has 3 heterocycles. The third-order valence-corrected chi connectivity index (χ3v) is 12.2. The third-order valence-electron chi connectivity index (χ3n) is 12.2. The molecule has 1 aromatic heterocycles. The Kier molecular flexibility index (Phi) is 4.62. The third kappa shape index (κ3) is 2.42. The van der Waals surface area contributed by atoms with Crippen molar-refractivity contribution in [3.8, 4) is 0 Å². The zero-order valence-corrected chi connectivity index (χ0v) is 21.7. The number of epoxide rings is 1. The van der Waals surface area contributed by atoms with Gasteiger partial charge in [0.1, 0.15) is 17.5 Å². The predicted molar refractivity (Wildman–Crippen MR) is 126 cm³/mol. The molecule has 7 rings (SSSR count). The van der Waals surface area contributed by atoms with Crippen molar-refractivity contribution in [2.75, 3.05) is 6.61 Å². The molecular formula is C28H36O9. The molecule has 1 unspecified atom stereocenters. The molecule has 0 amide bonds. The van der Waals surface area contributed by atoms with Gasteiger partial charge < -0.3 is 33.9 Å². The van der Waals surface area contributed by atoms with Gasteiger partial charge in [-0.3, -0.25) is 9.59 Å². The Morgan fingerprint density at radius 1 is 1.11 bits per heavy atom. The van der Waals surface area contributed by atoms with Crippen LogP contribution in [-0.4, -0.2) is 70.0 Å². The molecule has 37 heavy (non-hydrogen) atoms. The molecule has 2 bridgehead atoms. The molecule has 3 N–H and O–H groups in total. The molecule has 13 atom stereocenters. The summed E-state index contributed by atoms with van der Waals surface area (Å²) in [6.07, 6.45) is 0.556. The fraction of sp³-hybridized carbons (Fsp3) is 0.786. The summed E-state index contributed by atoms with van der Waals surface area (Å²) in [4.78, 5) is 26.4. The highest BCUT2D eigenvalue weighted by Crippen LogP contribution is 2.82. The van der Waals surface area contributed by atoms with Crippen molar-refractivity contribution >= 4 is 11.8 Å². The quantitative estimate of drug-likeness (QED) is 0.397. The zero-order valence-electron chi connectivity index (χ0n) is 21.7. The van der Waals surface area contributed by atoms with Crippen LogP contribution in [0.25, 0.3) is 0 Å². The van der Waals surface area contributed by atoms with Crippen LogP contribution in [0.5, 0.6) is 0 Å². The van der Waals surface area contributed by atoms with E-state index in [1.165, 1.54) is 6.92 Å². The minimum atomic E-state index is -1.26. The molecule has 4 saturated carbocycles. The van der Waals surface area contributed by atoms with Gasteiger partial charge in [-0.05, 0) is 36.3 Å². The molecule has 6 aliphatic rings. The normalized spacial score (nSPS) is 57.5. The van der Waals surface area contributed by atoms with E-state index in [1.54, 1.807) is 19.5 Å². The molecule has 2 aliphatic heterocycles. The van der Waals surface area contributed by atoms with Crippen molar-refractivity contribution in [1.29, 1.82) is 0 Å². The van der Waals surface area contributed by atoms with Crippen LogP contribution >= 0.6 is 0 Å². The van der Waals surface area contributed by atoms with E-state index in [9.17, 15) is 24.9 Å². The van der Waals surface area contributed by atoms with Crippen LogP contribution in [0.3, 0.4) is 0 Å².